The normalized spacial score (nSPS) is 15.7. The molecule has 22 heavy (non-hydrogen) atoms. The molecule has 0 bridgehead atoms. The molecule has 1 aromatic carbocycles. The summed E-state index contributed by atoms with van der Waals surface area (Å²) < 4.78 is 15.2. The molecule has 0 aliphatic rings. The van der Waals surface area contributed by atoms with Gasteiger partial charge in [-0.2, -0.15) is 0 Å². The monoisotopic (exact) mass is 341 g/mol. The minimum absolute atomic E-state index is 0.339. The molecular weight excluding hydrogens is 313 g/mol. The number of rotatable bonds is 9. The Bertz CT molecular complexity index is 536. The Hall–Kier alpha value is -0.770. The van der Waals surface area contributed by atoms with Gasteiger partial charge in [-0.05, 0) is 31.9 Å². The summed E-state index contributed by atoms with van der Waals surface area (Å²) in [5.74, 6) is 0. The lowest BCUT2D eigenvalue weighted by Crippen LogP contribution is -2.26. The minimum atomic E-state index is -2.70. The predicted molar refractivity (Wildman–Crippen MR) is 100 cm³/mol. The van der Waals surface area contributed by atoms with E-state index in [0.717, 1.165) is 17.7 Å². The van der Waals surface area contributed by atoms with E-state index in [2.05, 4.69) is 23.9 Å². The van der Waals surface area contributed by atoms with Crippen molar-refractivity contribution in [1.29, 1.82) is 0 Å². The fourth-order valence-electron chi connectivity index (χ4n) is 1.88. The molecule has 0 spiro atoms. The number of nitrogens with one attached hydrogen (secondary N) is 1. The second-order valence-electron chi connectivity index (χ2n) is 5.14. The molecular formula is C16H28N3OPS. The van der Waals surface area contributed by atoms with Gasteiger partial charge in [-0.25, -0.2) is 10.1 Å². The zero-order chi connectivity index (χ0) is 16.6. The van der Waals surface area contributed by atoms with Crippen LogP contribution in [0.15, 0.2) is 29.3 Å². The number of para-hydroxylation sites is 1. The van der Waals surface area contributed by atoms with Gasteiger partial charge in [0.25, 0.3) is 6.65 Å². The van der Waals surface area contributed by atoms with Gasteiger partial charge in [0.05, 0.1) is 12.0 Å². The standard InChI is InChI=1S/C16H28N3OPS/c1-6-15(5)22-21(20,18-7-2)19(8-3)13-17-16-12-10-9-11-14(16)4/h9-13,15H,6-8H2,1-5H3,(H,18,20). The van der Waals surface area contributed by atoms with Crippen LogP contribution in [0.4, 0.5) is 5.69 Å². The van der Waals surface area contributed by atoms with Crippen molar-refractivity contribution in [2.45, 2.75) is 46.3 Å². The molecule has 0 aliphatic heterocycles. The Morgan fingerprint density at radius 2 is 2.05 bits per heavy atom. The van der Waals surface area contributed by atoms with Gasteiger partial charge in [0, 0.05) is 18.3 Å². The van der Waals surface area contributed by atoms with Gasteiger partial charge < -0.3 is 0 Å². The van der Waals surface area contributed by atoms with Crippen LogP contribution in [-0.2, 0) is 4.57 Å². The highest BCUT2D eigenvalue weighted by atomic mass is 32.7. The molecule has 1 N–H and O–H groups in total. The first-order chi connectivity index (χ1) is 10.5. The van der Waals surface area contributed by atoms with Gasteiger partial charge in [0.2, 0.25) is 0 Å². The molecule has 0 aliphatic carbocycles. The summed E-state index contributed by atoms with van der Waals surface area (Å²) in [6.45, 7) is 8.87. The van der Waals surface area contributed by atoms with Crippen LogP contribution in [0.3, 0.4) is 0 Å². The van der Waals surface area contributed by atoms with Crippen molar-refractivity contribution in [3.8, 4) is 0 Å². The average molecular weight is 341 g/mol. The van der Waals surface area contributed by atoms with E-state index >= 15 is 0 Å². The maximum atomic E-state index is 13.3. The van der Waals surface area contributed by atoms with Crippen molar-refractivity contribution in [1.82, 2.24) is 9.76 Å². The van der Waals surface area contributed by atoms with Crippen LogP contribution in [0.2, 0.25) is 0 Å². The third-order valence-electron chi connectivity index (χ3n) is 3.36. The summed E-state index contributed by atoms with van der Waals surface area (Å²) in [7, 11) is 0. The third-order valence-corrected chi connectivity index (χ3v) is 9.07. The molecule has 2 atom stereocenters. The quantitative estimate of drug-likeness (QED) is 0.380. The van der Waals surface area contributed by atoms with E-state index < -0.39 is 6.65 Å². The van der Waals surface area contributed by atoms with E-state index in [1.54, 1.807) is 6.34 Å². The van der Waals surface area contributed by atoms with Crippen LogP contribution in [-0.4, -0.2) is 29.3 Å². The van der Waals surface area contributed by atoms with E-state index in [4.69, 9.17) is 0 Å². The molecule has 0 heterocycles. The average Bonchev–Trinajstić information content (AvgIpc) is 2.49. The molecule has 124 valence electrons. The maximum Gasteiger partial charge on any atom is 0.293 e. The van der Waals surface area contributed by atoms with E-state index in [0.29, 0.717) is 18.3 Å². The van der Waals surface area contributed by atoms with E-state index in [1.807, 2.05) is 49.7 Å². The highest BCUT2D eigenvalue weighted by molar-refractivity contribution is 8.57. The topological polar surface area (TPSA) is 44.7 Å². The molecule has 0 fully saturated rings. The Labute approximate surface area is 139 Å². The molecule has 0 aromatic heterocycles. The van der Waals surface area contributed by atoms with Crippen LogP contribution < -0.4 is 5.09 Å². The lowest BCUT2D eigenvalue weighted by molar-refractivity contribution is 0.532. The summed E-state index contributed by atoms with van der Waals surface area (Å²) in [4.78, 5) is 4.53. The largest absolute Gasteiger partial charge is 0.294 e. The second kappa shape index (κ2) is 9.39. The molecule has 1 rings (SSSR count). The van der Waals surface area contributed by atoms with Crippen LogP contribution in [0.25, 0.3) is 0 Å². The van der Waals surface area contributed by atoms with Crippen LogP contribution >= 0.6 is 18.0 Å². The number of aliphatic imine (C=N–C) groups is 1. The lowest BCUT2D eigenvalue weighted by Gasteiger charge is -2.30. The fraction of sp³-hybridized carbons (Fsp3) is 0.562. The highest BCUT2D eigenvalue weighted by Gasteiger charge is 2.29. The van der Waals surface area contributed by atoms with E-state index in [1.165, 1.54) is 11.4 Å². The SMILES string of the molecule is CCNP(=O)(SC(C)CC)N(C=Nc1ccccc1C)CC. The number of hydrogen-bond acceptors (Lipinski definition) is 3. The van der Waals surface area contributed by atoms with Gasteiger partial charge in [-0.15, -0.1) is 0 Å². The Balaban J connectivity index is 2.99. The second-order valence-corrected chi connectivity index (χ2v) is 10.1. The zero-order valence-corrected chi connectivity index (χ0v) is 16.0. The van der Waals surface area contributed by atoms with Crippen molar-refractivity contribution in [3.05, 3.63) is 29.8 Å². The van der Waals surface area contributed by atoms with Crippen LogP contribution in [0, 0.1) is 6.92 Å². The third kappa shape index (κ3) is 5.45. The van der Waals surface area contributed by atoms with Crippen molar-refractivity contribution in [3.63, 3.8) is 0 Å². The predicted octanol–water partition coefficient (Wildman–Crippen LogP) is 5.23. The summed E-state index contributed by atoms with van der Waals surface area (Å²) in [6.07, 6.45) is 2.72. The molecule has 0 saturated carbocycles. The lowest BCUT2D eigenvalue weighted by atomic mass is 10.2. The molecule has 0 amide bonds. The summed E-state index contributed by atoms with van der Waals surface area (Å²) in [5.41, 5.74) is 2.03. The number of benzene rings is 1. The van der Waals surface area contributed by atoms with Gasteiger partial charge in [0.1, 0.15) is 0 Å². The van der Waals surface area contributed by atoms with Crippen molar-refractivity contribution in [2.75, 3.05) is 13.1 Å². The van der Waals surface area contributed by atoms with E-state index in [9.17, 15) is 4.57 Å². The first kappa shape index (κ1) is 19.3. The summed E-state index contributed by atoms with van der Waals surface area (Å²) in [6, 6.07) is 7.96. The molecule has 0 radical (unpaired) electrons. The van der Waals surface area contributed by atoms with Crippen molar-refractivity contribution >= 4 is 30.1 Å². The van der Waals surface area contributed by atoms with Crippen molar-refractivity contribution in [2.24, 2.45) is 4.99 Å². The smallest absolute Gasteiger partial charge is 0.293 e. The number of hydrogen-bond donors (Lipinski definition) is 1. The van der Waals surface area contributed by atoms with E-state index in [-0.39, 0.29) is 0 Å². The van der Waals surface area contributed by atoms with Crippen LogP contribution in [0.1, 0.15) is 39.7 Å². The number of nitrogens with zero attached hydrogens (tertiary/aromatic N) is 2. The molecule has 1 aromatic rings. The maximum absolute atomic E-state index is 13.3. The van der Waals surface area contributed by atoms with Gasteiger partial charge in [0.15, 0.2) is 0 Å². The van der Waals surface area contributed by atoms with Crippen molar-refractivity contribution < 1.29 is 4.57 Å². The fourth-order valence-corrected chi connectivity index (χ4v) is 7.21. The number of aryl methyl sites for hydroxylation is 1. The van der Waals surface area contributed by atoms with Gasteiger partial charge in [-0.1, -0.05) is 50.4 Å². The Kier molecular flexibility index (Phi) is 8.23. The first-order valence-corrected chi connectivity index (χ1v) is 11.0. The Morgan fingerprint density at radius 1 is 1.36 bits per heavy atom. The van der Waals surface area contributed by atoms with Gasteiger partial charge in [-0.3, -0.25) is 9.24 Å². The first-order valence-electron chi connectivity index (χ1n) is 7.87. The Morgan fingerprint density at radius 3 is 2.59 bits per heavy atom. The minimum Gasteiger partial charge on any atom is -0.294 e. The van der Waals surface area contributed by atoms with Gasteiger partial charge >= 0.3 is 0 Å². The summed E-state index contributed by atoms with van der Waals surface area (Å²) >= 11 is 1.52. The molecule has 2 unspecified atom stereocenters. The molecule has 6 heteroatoms. The van der Waals surface area contributed by atoms with Crippen LogP contribution in [0.5, 0.6) is 0 Å². The summed E-state index contributed by atoms with van der Waals surface area (Å²) in [5, 5.41) is 3.52. The molecule has 0 saturated heterocycles. The zero-order valence-electron chi connectivity index (χ0n) is 14.2. The highest BCUT2D eigenvalue weighted by Crippen LogP contribution is 2.59. The molecule has 4 nitrogen and oxygen atoms in total.